The van der Waals surface area contributed by atoms with E-state index < -0.39 is 0 Å². The van der Waals surface area contributed by atoms with Crippen molar-refractivity contribution < 1.29 is 9.18 Å². The first-order valence-electron chi connectivity index (χ1n) is 7.33. The highest BCUT2D eigenvalue weighted by Gasteiger charge is 2.31. The van der Waals surface area contributed by atoms with Crippen molar-refractivity contribution in [3.05, 3.63) is 82.8 Å². The summed E-state index contributed by atoms with van der Waals surface area (Å²) in [6, 6.07) is 14.3. The van der Waals surface area contributed by atoms with E-state index in [4.69, 9.17) is 0 Å². The van der Waals surface area contributed by atoms with E-state index in [1.807, 2.05) is 55.5 Å². The normalized spacial score (nSPS) is 19.1. The Hall–Kier alpha value is -2.42. The lowest BCUT2D eigenvalue weighted by molar-refractivity contribution is 0.102. The minimum Gasteiger partial charge on any atom is -0.383 e. The number of benzene rings is 2. The monoisotopic (exact) mass is 295 g/mol. The summed E-state index contributed by atoms with van der Waals surface area (Å²) in [5.74, 6) is -0.306. The zero-order valence-electron chi connectivity index (χ0n) is 12.7. The number of nitrogens with zero attached hydrogens (tertiary/aromatic N) is 1. The molecule has 112 valence electrons. The molecule has 3 heteroatoms. The smallest absolute Gasteiger partial charge is 0.190 e. The summed E-state index contributed by atoms with van der Waals surface area (Å²) >= 11 is 0. The maximum absolute atomic E-state index is 14.2. The van der Waals surface area contributed by atoms with E-state index in [1.54, 1.807) is 12.1 Å². The Morgan fingerprint density at radius 3 is 2.36 bits per heavy atom. The van der Waals surface area contributed by atoms with Gasteiger partial charge in [-0.1, -0.05) is 42.5 Å². The molecule has 1 atom stereocenters. The molecule has 0 saturated heterocycles. The molecular weight excluding hydrogens is 277 g/mol. The standard InChI is InChI=1S/C19H18FNO/c1-21(2)12-13-11-17(15-8-5-6-10-18(15)20)14-7-3-4-9-16(14)19(13)22/h3-10,12,17H,11H2,1-2H3/b13-12-/t17-/m1/s1. The number of carbonyl (C=O) groups excluding carboxylic acids is 1. The van der Waals surface area contributed by atoms with Gasteiger partial charge in [-0.25, -0.2) is 4.39 Å². The summed E-state index contributed by atoms with van der Waals surface area (Å²) in [4.78, 5) is 14.5. The second-order valence-corrected chi connectivity index (χ2v) is 5.81. The van der Waals surface area contributed by atoms with Gasteiger partial charge in [-0.2, -0.15) is 0 Å². The van der Waals surface area contributed by atoms with Gasteiger partial charge in [-0.15, -0.1) is 0 Å². The zero-order valence-corrected chi connectivity index (χ0v) is 12.7. The number of rotatable bonds is 2. The third-order valence-corrected chi connectivity index (χ3v) is 3.99. The predicted octanol–water partition coefficient (Wildman–Crippen LogP) is 3.99. The number of hydrogen-bond donors (Lipinski definition) is 0. The fourth-order valence-electron chi connectivity index (χ4n) is 3.06. The quantitative estimate of drug-likeness (QED) is 0.781. The SMILES string of the molecule is CN(C)/C=C1/C[C@@H](c2ccccc2F)c2ccccc2C1=O. The highest BCUT2D eigenvalue weighted by atomic mass is 19.1. The van der Waals surface area contributed by atoms with Crippen molar-refractivity contribution >= 4 is 5.78 Å². The predicted molar refractivity (Wildman–Crippen MR) is 85.4 cm³/mol. The summed E-state index contributed by atoms with van der Waals surface area (Å²) in [5, 5.41) is 0. The number of ketones is 1. The average molecular weight is 295 g/mol. The molecule has 2 aromatic rings. The maximum atomic E-state index is 14.2. The van der Waals surface area contributed by atoms with Gasteiger partial charge in [0.15, 0.2) is 5.78 Å². The van der Waals surface area contributed by atoms with Crippen molar-refractivity contribution in [3.63, 3.8) is 0 Å². The molecule has 0 bridgehead atoms. The van der Waals surface area contributed by atoms with Crippen LogP contribution in [0, 0.1) is 5.82 Å². The van der Waals surface area contributed by atoms with E-state index in [-0.39, 0.29) is 17.5 Å². The van der Waals surface area contributed by atoms with Crippen molar-refractivity contribution in [3.8, 4) is 0 Å². The second-order valence-electron chi connectivity index (χ2n) is 5.81. The van der Waals surface area contributed by atoms with Gasteiger partial charge >= 0.3 is 0 Å². The molecule has 0 aliphatic heterocycles. The lowest BCUT2D eigenvalue weighted by Crippen LogP contribution is -2.21. The fraction of sp³-hybridized carbons (Fsp3) is 0.211. The molecule has 1 aliphatic rings. The molecule has 2 nitrogen and oxygen atoms in total. The zero-order chi connectivity index (χ0) is 15.7. The van der Waals surface area contributed by atoms with Crippen LogP contribution in [0.5, 0.6) is 0 Å². The van der Waals surface area contributed by atoms with E-state index in [1.165, 1.54) is 6.07 Å². The van der Waals surface area contributed by atoms with Crippen LogP contribution in [-0.4, -0.2) is 24.8 Å². The first kappa shape index (κ1) is 14.5. The molecule has 22 heavy (non-hydrogen) atoms. The van der Waals surface area contributed by atoms with Gasteiger partial charge in [-0.05, 0) is 23.6 Å². The molecule has 3 rings (SSSR count). The van der Waals surface area contributed by atoms with E-state index in [2.05, 4.69) is 0 Å². The van der Waals surface area contributed by atoms with Crippen molar-refractivity contribution in [2.24, 2.45) is 0 Å². The van der Waals surface area contributed by atoms with Gasteiger partial charge in [0.25, 0.3) is 0 Å². The highest BCUT2D eigenvalue weighted by molar-refractivity contribution is 6.11. The van der Waals surface area contributed by atoms with Crippen molar-refractivity contribution in [1.29, 1.82) is 0 Å². The fourth-order valence-corrected chi connectivity index (χ4v) is 3.06. The minimum atomic E-state index is -0.221. The van der Waals surface area contributed by atoms with E-state index >= 15 is 0 Å². The molecule has 0 unspecified atom stereocenters. The van der Waals surface area contributed by atoms with Gasteiger partial charge in [0.2, 0.25) is 0 Å². The molecule has 0 aromatic heterocycles. The highest BCUT2D eigenvalue weighted by Crippen LogP contribution is 2.39. The van der Waals surface area contributed by atoms with Crippen LogP contribution >= 0.6 is 0 Å². The summed E-state index contributed by atoms with van der Waals surface area (Å²) in [7, 11) is 3.78. The van der Waals surface area contributed by atoms with Crippen LogP contribution in [0.2, 0.25) is 0 Å². The summed E-state index contributed by atoms with van der Waals surface area (Å²) < 4.78 is 14.2. The van der Waals surface area contributed by atoms with Crippen LogP contribution < -0.4 is 0 Å². The number of allylic oxidation sites excluding steroid dienone is 1. The summed E-state index contributed by atoms with van der Waals surface area (Å²) in [5.41, 5.74) is 2.95. The summed E-state index contributed by atoms with van der Waals surface area (Å²) in [6.45, 7) is 0. The topological polar surface area (TPSA) is 20.3 Å². The number of halogens is 1. The molecule has 0 heterocycles. The molecule has 0 amide bonds. The van der Waals surface area contributed by atoms with Gasteiger partial charge in [0, 0.05) is 37.3 Å². The van der Waals surface area contributed by atoms with Crippen molar-refractivity contribution in [2.45, 2.75) is 12.3 Å². The van der Waals surface area contributed by atoms with Crippen LogP contribution in [-0.2, 0) is 0 Å². The van der Waals surface area contributed by atoms with Crippen molar-refractivity contribution in [2.75, 3.05) is 14.1 Å². The Morgan fingerprint density at radius 1 is 1.05 bits per heavy atom. The second kappa shape index (κ2) is 5.76. The number of carbonyl (C=O) groups is 1. The average Bonchev–Trinajstić information content (AvgIpc) is 2.51. The maximum Gasteiger partial charge on any atom is 0.190 e. The largest absolute Gasteiger partial charge is 0.383 e. The van der Waals surface area contributed by atoms with Crippen LogP contribution in [0.15, 0.2) is 60.3 Å². The molecular formula is C19H18FNO. The molecule has 0 radical (unpaired) electrons. The third-order valence-electron chi connectivity index (χ3n) is 3.99. The first-order valence-corrected chi connectivity index (χ1v) is 7.33. The van der Waals surface area contributed by atoms with E-state index in [9.17, 15) is 9.18 Å². The van der Waals surface area contributed by atoms with Crippen LogP contribution in [0.4, 0.5) is 4.39 Å². The molecule has 1 aliphatic carbocycles. The Labute approximate surface area is 129 Å². The Morgan fingerprint density at radius 2 is 1.68 bits per heavy atom. The van der Waals surface area contributed by atoms with Gasteiger partial charge in [-0.3, -0.25) is 4.79 Å². The van der Waals surface area contributed by atoms with Crippen LogP contribution in [0.25, 0.3) is 0 Å². The van der Waals surface area contributed by atoms with Gasteiger partial charge in [0.05, 0.1) is 0 Å². The van der Waals surface area contributed by atoms with E-state index in [0.29, 0.717) is 17.5 Å². The number of hydrogen-bond acceptors (Lipinski definition) is 2. The Kier molecular flexibility index (Phi) is 3.80. The number of fused-ring (bicyclic) bond motifs is 1. The first-order chi connectivity index (χ1) is 10.6. The van der Waals surface area contributed by atoms with Gasteiger partial charge in [0.1, 0.15) is 5.82 Å². The Bertz CT molecular complexity index is 749. The molecule has 0 N–H and O–H groups in total. The lowest BCUT2D eigenvalue weighted by atomic mass is 9.76. The molecule has 2 aromatic carbocycles. The molecule has 0 fully saturated rings. The van der Waals surface area contributed by atoms with Crippen molar-refractivity contribution in [1.82, 2.24) is 4.90 Å². The Balaban J connectivity index is 2.16. The molecule has 0 saturated carbocycles. The third kappa shape index (κ3) is 2.54. The van der Waals surface area contributed by atoms with Crippen LogP contribution in [0.1, 0.15) is 33.8 Å². The lowest BCUT2D eigenvalue weighted by Gasteiger charge is -2.28. The van der Waals surface area contributed by atoms with Crippen LogP contribution in [0.3, 0.4) is 0 Å². The number of Topliss-reactive ketones (excluding diaryl/α,β-unsaturated/α-hetero) is 1. The van der Waals surface area contributed by atoms with E-state index in [0.717, 1.165) is 11.1 Å². The molecule has 0 spiro atoms. The van der Waals surface area contributed by atoms with Gasteiger partial charge < -0.3 is 4.90 Å². The summed E-state index contributed by atoms with van der Waals surface area (Å²) in [6.07, 6.45) is 2.36. The minimum absolute atomic E-state index is 0.0388.